The first kappa shape index (κ1) is 14.5. The van der Waals surface area contributed by atoms with Gasteiger partial charge in [0, 0.05) is 18.1 Å². The molecule has 0 radical (unpaired) electrons. The van der Waals surface area contributed by atoms with Crippen LogP contribution in [-0.2, 0) is 0 Å². The van der Waals surface area contributed by atoms with Crippen LogP contribution in [0, 0.1) is 0 Å². The standard InChI is InChI=1S/C15H22O3S/c1-11(10-16)13-4-3-5-14(15(13)17-2)18-12-6-8-19-9-7-12/h3-5,11-12,16H,6-10H2,1-2H3. The number of hydrogen-bond acceptors (Lipinski definition) is 4. The molecule has 1 unspecified atom stereocenters. The molecule has 0 amide bonds. The highest BCUT2D eigenvalue weighted by atomic mass is 32.2. The first-order valence-electron chi connectivity index (χ1n) is 6.78. The van der Waals surface area contributed by atoms with Gasteiger partial charge in [-0.2, -0.15) is 11.8 Å². The molecule has 1 fully saturated rings. The third-order valence-electron chi connectivity index (χ3n) is 3.48. The van der Waals surface area contributed by atoms with Crippen molar-refractivity contribution in [3.63, 3.8) is 0 Å². The number of para-hydroxylation sites is 1. The van der Waals surface area contributed by atoms with Crippen molar-refractivity contribution in [1.29, 1.82) is 0 Å². The van der Waals surface area contributed by atoms with Gasteiger partial charge in [0.1, 0.15) is 6.10 Å². The van der Waals surface area contributed by atoms with Gasteiger partial charge in [-0.15, -0.1) is 0 Å². The highest BCUT2D eigenvalue weighted by Gasteiger charge is 2.20. The van der Waals surface area contributed by atoms with Crippen LogP contribution in [-0.4, -0.2) is 36.4 Å². The monoisotopic (exact) mass is 282 g/mol. The Hall–Kier alpha value is -0.870. The van der Waals surface area contributed by atoms with Crippen LogP contribution in [0.2, 0.25) is 0 Å². The van der Waals surface area contributed by atoms with Crippen molar-refractivity contribution in [2.24, 2.45) is 0 Å². The fraction of sp³-hybridized carbons (Fsp3) is 0.600. The summed E-state index contributed by atoms with van der Waals surface area (Å²) in [6.45, 7) is 2.10. The van der Waals surface area contributed by atoms with Crippen LogP contribution < -0.4 is 9.47 Å². The summed E-state index contributed by atoms with van der Waals surface area (Å²) in [7, 11) is 1.66. The minimum absolute atomic E-state index is 0.0559. The third-order valence-corrected chi connectivity index (χ3v) is 4.53. The van der Waals surface area contributed by atoms with Gasteiger partial charge in [-0.1, -0.05) is 19.1 Å². The summed E-state index contributed by atoms with van der Waals surface area (Å²) in [5.74, 6) is 3.96. The van der Waals surface area contributed by atoms with E-state index in [4.69, 9.17) is 9.47 Å². The summed E-state index contributed by atoms with van der Waals surface area (Å²) < 4.78 is 11.6. The number of rotatable bonds is 5. The van der Waals surface area contributed by atoms with Crippen molar-refractivity contribution in [2.75, 3.05) is 25.2 Å². The predicted molar refractivity (Wildman–Crippen MR) is 79.5 cm³/mol. The second-order valence-corrected chi connectivity index (χ2v) is 6.12. The van der Waals surface area contributed by atoms with Crippen molar-refractivity contribution in [2.45, 2.75) is 31.8 Å². The van der Waals surface area contributed by atoms with Gasteiger partial charge in [-0.05, 0) is 30.4 Å². The van der Waals surface area contributed by atoms with Crippen molar-refractivity contribution >= 4 is 11.8 Å². The average molecular weight is 282 g/mol. The van der Waals surface area contributed by atoms with Crippen LogP contribution in [0.15, 0.2) is 18.2 Å². The molecule has 4 heteroatoms. The number of methoxy groups -OCH3 is 1. The van der Waals surface area contributed by atoms with E-state index >= 15 is 0 Å². The second-order valence-electron chi connectivity index (χ2n) is 4.89. The molecule has 1 aliphatic rings. The Morgan fingerprint density at radius 3 is 2.74 bits per heavy atom. The minimum atomic E-state index is 0.0559. The summed E-state index contributed by atoms with van der Waals surface area (Å²) in [6.07, 6.45) is 2.47. The molecule has 0 bridgehead atoms. The summed E-state index contributed by atoms with van der Waals surface area (Å²) >= 11 is 1.99. The normalized spacial score (nSPS) is 18.1. The molecule has 0 spiro atoms. The highest BCUT2D eigenvalue weighted by molar-refractivity contribution is 7.99. The van der Waals surface area contributed by atoms with Gasteiger partial charge >= 0.3 is 0 Å². The largest absolute Gasteiger partial charge is 0.493 e. The fourth-order valence-electron chi connectivity index (χ4n) is 2.30. The van der Waals surface area contributed by atoms with E-state index in [0.29, 0.717) is 0 Å². The summed E-state index contributed by atoms with van der Waals surface area (Å²) in [4.78, 5) is 0. The lowest BCUT2D eigenvalue weighted by atomic mass is 10.0. The number of aliphatic hydroxyl groups excluding tert-OH is 1. The molecule has 1 atom stereocenters. The molecule has 0 saturated carbocycles. The number of ether oxygens (including phenoxy) is 2. The summed E-state index contributed by atoms with van der Waals surface area (Å²) in [5, 5.41) is 9.32. The van der Waals surface area contributed by atoms with Gasteiger partial charge in [0.2, 0.25) is 0 Å². The fourth-order valence-corrected chi connectivity index (χ4v) is 3.37. The van der Waals surface area contributed by atoms with Crippen LogP contribution in [0.5, 0.6) is 11.5 Å². The van der Waals surface area contributed by atoms with E-state index in [1.54, 1.807) is 7.11 Å². The average Bonchev–Trinajstić information content (AvgIpc) is 2.47. The summed E-state index contributed by atoms with van der Waals surface area (Å²) in [6, 6.07) is 5.91. The molecule has 1 saturated heterocycles. The molecule has 0 aliphatic carbocycles. The van der Waals surface area contributed by atoms with E-state index in [1.807, 2.05) is 36.9 Å². The molecule has 1 N–H and O–H groups in total. The Morgan fingerprint density at radius 2 is 2.11 bits per heavy atom. The quantitative estimate of drug-likeness (QED) is 0.901. The third kappa shape index (κ3) is 3.57. The molecular weight excluding hydrogens is 260 g/mol. The van der Waals surface area contributed by atoms with Crippen molar-refractivity contribution in [3.8, 4) is 11.5 Å². The second kappa shape index (κ2) is 7.06. The van der Waals surface area contributed by atoms with Crippen molar-refractivity contribution < 1.29 is 14.6 Å². The molecule has 0 aromatic heterocycles. The SMILES string of the molecule is COc1c(OC2CCSCC2)cccc1C(C)CO. The lowest BCUT2D eigenvalue weighted by Gasteiger charge is -2.25. The van der Waals surface area contributed by atoms with Gasteiger partial charge in [0.05, 0.1) is 7.11 Å². The van der Waals surface area contributed by atoms with E-state index in [9.17, 15) is 5.11 Å². The molecule has 106 valence electrons. The zero-order valence-corrected chi connectivity index (χ0v) is 12.4. The molecule has 1 aliphatic heterocycles. The Labute approximate surface area is 119 Å². The first-order valence-corrected chi connectivity index (χ1v) is 7.94. The molecule has 3 nitrogen and oxygen atoms in total. The number of thioether (sulfide) groups is 1. The van der Waals surface area contributed by atoms with Gasteiger partial charge in [0.15, 0.2) is 11.5 Å². The van der Waals surface area contributed by atoms with Crippen LogP contribution >= 0.6 is 11.8 Å². The van der Waals surface area contributed by atoms with E-state index in [1.165, 1.54) is 11.5 Å². The summed E-state index contributed by atoms with van der Waals surface area (Å²) in [5.41, 5.74) is 1.01. The Balaban J connectivity index is 2.19. The Kier molecular flexibility index (Phi) is 5.40. The smallest absolute Gasteiger partial charge is 0.164 e. The molecular formula is C15H22O3S. The zero-order valence-electron chi connectivity index (χ0n) is 11.6. The molecule has 2 rings (SSSR count). The van der Waals surface area contributed by atoms with Gasteiger partial charge in [-0.3, -0.25) is 0 Å². The highest BCUT2D eigenvalue weighted by Crippen LogP contribution is 2.37. The van der Waals surface area contributed by atoms with E-state index in [-0.39, 0.29) is 18.6 Å². The number of aliphatic hydroxyl groups is 1. The number of hydrogen-bond donors (Lipinski definition) is 1. The Morgan fingerprint density at radius 1 is 1.37 bits per heavy atom. The van der Waals surface area contributed by atoms with E-state index in [0.717, 1.165) is 29.9 Å². The molecule has 1 aromatic rings. The minimum Gasteiger partial charge on any atom is -0.493 e. The molecule has 1 heterocycles. The lowest BCUT2D eigenvalue weighted by Crippen LogP contribution is -2.22. The van der Waals surface area contributed by atoms with Crippen molar-refractivity contribution in [3.05, 3.63) is 23.8 Å². The maximum absolute atomic E-state index is 9.32. The maximum atomic E-state index is 9.32. The molecule has 1 aromatic carbocycles. The van der Waals surface area contributed by atoms with Crippen LogP contribution in [0.3, 0.4) is 0 Å². The van der Waals surface area contributed by atoms with Crippen molar-refractivity contribution in [1.82, 2.24) is 0 Å². The number of benzene rings is 1. The van der Waals surface area contributed by atoms with Crippen LogP contribution in [0.4, 0.5) is 0 Å². The molecule has 19 heavy (non-hydrogen) atoms. The Bertz CT molecular complexity index is 402. The van der Waals surface area contributed by atoms with Gasteiger partial charge in [-0.25, -0.2) is 0 Å². The van der Waals surface area contributed by atoms with Crippen LogP contribution in [0.25, 0.3) is 0 Å². The lowest BCUT2D eigenvalue weighted by molar-refractivity contribution is 0.183. The predicted octanol–water partition coefficient (Wildman–Crippen LogP) is 3.07. The van der Waals surface area contributed by atoms with E-state index in [2.05, 4.69) is 0 Å². The zero-order chi connectivity index (χ0) is 13.7. The van der Waals surface area contributed by atoms with E-state index < -0.39 is 0 Å². The van der Waals surface area contributed by atoms with Gasteiger partial charge < -0.3 is 14.6 Å². The topological polar surface area (TPSA) is 38.7 Å². The van der Waals surface area contributed by atoms with Crippen LogP contribution in [0.1, 0.15) is 31.2 Å². The van der Waals surface area contributed by atoms with Gasteiger partial charge in [0.25, 0.3) is 0 Å². The maximum Gasteiger partial charge on any atom is 0.164 e. The first-order chi connectivity index (χ1) is 9.26.